The Bertz CT molecular complexity index is 738. The summed E-state index contributed by atoms with van der Waals surface area (Å²) in [4.78, 5) is 12.4. The van der Waals surface area contributed by atoms with Gasteiger partial charge in [0.25, 0.3) is 5.91 Å². The van der Waals surface area contributed by atoms with Crippen molar-refractivity contribution < 1.29 is 18.7 Å². The van der Waals surface area contributed by atoms with Crippen LogP contribution in [0.25, 0.3) is 0 Å². The Balaban J connectivity index is 2.32. The highest BCUT2D eigenvalue weighted by molar-refractivity contribution is 9.10. The molecule has 0 saturated heterocycles. The number of hydrogen-bond donors (Lipinski definition) is 1. The van der Waals surface area contributed by atoms with Crippen LogP contribution >= 0.6 is 31.9 Å². The summed E-state index contributed by atoms with van der Waals surface area (Å²) in [5.74, 6) is -0.0371. The smallest absolute Gasteiger partial charge is 0.255 e. The van der Waals surface area contributed by atoms with Gasteiger partial charge in [-0.05, 0) is 53.2 Å². The fourth-order valence-electron chi connectivity index (χ4n) is 1.95. The molecule has 0 fully saturated rings. The van der Waals surface area contributed by atoms with Crippen molar-refractivity contribution in [2.24, 2.45) is 0 Å². The summed E-state index contributed by atoms with van der Waals surface area (Å²) >= 11 is 6.51. The lowest BCUT2D eigenvalue weighted by molar-refractivity contribution is 0.102. The quantitative estimate of drug-likeness (QED) is 0.702. The van der Waals surface area contributed by atoms with Gasteiger partial charge in [-0.3, -0.25) is 4.79 Å². The van der Waals surface area contributed by atoms with E-state index < -0.39 is 11.7 Å². The highest BCUT2D eigenvalue weighted by Gasteiger charge is 2.16. The molecule has 0 heterocycles. The number of anilines is 1. The van der Waals surface area contributed by atoms with Crippen LogP contribution in [0, 0.1) is 5.82 Å². The number of benzene rings is 2. The molecule has 0 aromatic heterocycles. The van der Waals surface area contributed by atoms with Gasteiger partial charge in [-0.15, -0.1) is 0 Å². The summed E-state index contributed by atoms with van der Waals surface area (Å²) < 4.78 is 25.7. The molecular formula is C16H14Br2FNO3. The van der Waals surface area contributed by atoms with Gasteiger partial charge in [0.2, 0.25) is 0 Å². The third-order valence-corrected chi connectivity index (χ3v) is 4.04. The second-order valence-corrected chi connectivity index (χ2v) is 6.27. The number of carbonyl (C=O) groups excluding carboxylic acids is 1. The maximum Gasteiger partial charge on any atom is 0.255 e. The van der Waals surface area contributed by atoms with Crippen molar-refractivity contribution in [2.75, 3.05) is 19.0 Å². The number of methoxy groups -OCH3 is 1. The second-order valence-electron chi connectivity index (χ2n) is 4.50. The minimum absolute atomic E-state index is 0.100. The minimum atomic E-state index is -0.523. The summed E-state index contributed by atoms with van der Waals surface area (Å²) in [5, 5.41) is 2.54. The summed E-state index contributed by atoms with van der Waals surface area (Å²) in [6.45, 7) is 2.26. The largest absolute Gasteiger partial charge is 0.492 e. The molecule has 0 atom stereocenters. The van der Waals surface area contributed by atoms with Crippen LogP contribution in [0.5, 0.6) is 11.5 Å². The lowest BCUT2D eigenvalue weighted by atomic mass is 10.1. The van der Waals surface area contributed by atoms with Crippen LogP contribution in [-0.2, 0) is 0 Å². The third kappa shape index (κ3) is 4.23. The molecule has 23 heavy (non-hydrogen) atoms. The summed E-state index contributed by atoms with van der Waals surface area (Å²) in [5.41, 5.74) is 0.423. The van der Waals surface area contributed by atoms with Crippen molar-refractivity contribution in [2.45, 2.75) is 6.92 Å². The van der Waals surface area contributed by atoms with Crippen molar-refractivity contribution in [3.05, 3.63) is 50.7 Å². The Hall–Kier alpha value is -1.60. The molecule has 0 bridgehead atoms. The van der Waals surface area contributed by atoms with Crippen molar-refractivity contribution >= 4 is 43.5 Å². The molecule has 122 valence electrons. The summed E-state index contributed by atoms with van der Waals surface area (Å²) in [6, 6.07) is 7.56. The molecule has 0 radical (unpaired) electrons. The first kappa shape index (κ1) is 17.7. The number of carbonyl (C=O) groups is 1. The molecular weight excluding hydrogens is 433 g/mol. The zero-order valence-electron chi connectivity index (χ0n) is 12.5. The Morgan fingerprint density at radius 3 is 2.61 bits per heavy atom. The number of amides is 1. The number of halogens is 3. The Morgan fingerprint density at radius 2 is 2.00 bits per heavy atom. The van der Waals surface area contributed by atoms with Crippen molar-refractivity contribution in [1.82, 2.24) is 0 Å². The lowest BCUT2D eigenvalue weighted by Crippen LogP contribution is -2.13. The molecule has 0 aliphatic heterocycles. The Labute approximate surface area is 150 Å². The molecule has 0 aliphatic carbocycles. The van der Waals surface area contributed by atoms with E-state index in [0.717, 1.165) is 0 Å². The normalized spacial score (nSPS) is 10.3. The van der Waals surface area contributed by atoms with E-state index in [0.29, 0.717) is 32.6 Å². The highest BCUT2D eigenvalue weighted by Crippen LogP contribution is 2.36. The SMILES string of the molecule is CCOc1cc(C(=O)Nc2ccc(Br)cc2F)cc(Br)c1OC. The van der Waals surface area contributed by atoms with Gasteiger partial charge >= 0.3 is 0 Å². The molecule has 0 spiro atoms. The second kappa shape index (κ2) is 7.79. The minimum Gasteiger partial charge on any atom is -0.492 e. The molecule has 2 aromatic carbocycles. The fraction of sp³-hybridized carbons (Fsp3) is 0.188. The fourth-order valence-corrected chi connectivity index (χ4v) is 2.88. The van der Waals surface area contributed by atoms with Gasteiger partial charge in [-0.25, -0.2) is 4.39 Å². The number of ether oxygens (including phenoxy) is 2. The lowest BCUT2D eigenvalue weighted by Gasteiger charge is -2.13. The molecule has 0 saturated carbocycles. The maximum absolute atomic E-state index is 13.8. The van der Waals surface area contributed by atoms with E-state index in [1.165, 1.54) is 19.2 Å². The number of hydrogen-bond acceptors (Lipinski definition) is 3. The van der Waals surface area contributed by atoms with Gasteiger partial charge in [0.1, 0.15) is 5.82 Å². The summed E-state index contributed by atoms with van der Waals surface area (Å²) in [6.07, 6.45) is 0. The van der Waals surface area contributed by atoms with Gasteiger partial charge in [0.05, 0.1) is 23.9 Å². The van der Waals surface area contributed by atoms with Crippen LogP contribution in [0.15, 0.2) is 39.3 Å². The molecule has 2 rings (SSSR count). The van der Waals surface area contributed by atoms with Crippen LogP contribution in [0.4, 0.5) is 10.1 Å². The van der Waals surface area contributed by atoms with E-state index in [-0.39, 0.29) is 5.69 Å². The van der Waals surface area contributed by atoms with Gasteiger partial charge in [-0.1, -0.05) is 15.9 Å². The molecule has 0 unspecified atom stereocenters. The van der Waals surface area contributed by atoms with Crippen LogP contribution < -0.4 is 14.8 Å². The molecule has 2 aromatic rings. The maximum atomic E-state index is 13.8. The van der Waals surface area contributed by atoms with Crippen LogP contribution in [0.3, 0.4) is 0 Å². The van der Waals surface area contributed by atoms with Crippen molar-refractivity contribution in [3.63, 3.8) is 0 Å². The number of rotatable bonds is 5. The molecule has 7 heteroatoms. The highest BCUT2D eigenvalue weighted by atomic mass is 79.9. The van der Waals surface area contributed by atoms with E-state index in [9.17, 15) is 9.18 Å². The van der Waals surface area contributed by atoms with E-state index in [4.69, 9.17) is 9.47 Å². The molecule has 1 amide bonds. The first-order chi connectivity index (χ1) is 11.0. The van der Waals surface area contributed by atoms with Crippen LogP contribution in [0.1, 0.15) is 17.3 Å². The topological polar surface area (TPSA) is 47.6 Å². The van der Waals surface area contributed by atoms with E-state index in [1.54, 1.807) is 18.2 Å². The van der Waals surface area contributed by atoms with Gasteiger partial charge < -0.3 is 14.8 Å². The van der Waals surface area contributed by atoms with Crippen molar-refractivity contribution in [3.8, 4) is 11.5 Å². The van der Waals surface area contributed by atoms with E-state index >= 15 is 0 Å². The molecule has 0 aliphatic rings. The first-order valence-corrected chi connectivity index (χ1v) is 8.31. The zero-order chi connectivity index (χ0) is 17.0. The van der Waals surface area contributed by atoms with E-state index in [2.05, 4.69) is 37.2 Å². The van der Waals surface area contributed by atoms with Gasteiger partial charge in [0, 0.05) is 10.0 Å². The predicted octanol–water partition coefficient (Wildman–Crippen LogP) is 5.01. The van der Waals surface area contributed by atoms with Crippen LogP contribution in [-0.4, -0.2) is 19.6 Å². The molecule has 4 nitrogen and oxygen atoms in total. The standard InChI is InChI=1S/C16H14Br2FNO3/c1-3-23-14-7-9(6-11(18)15(14)22-2)16(21)20-13-5-4-10(17)8-12(13)19/h4-8H,3H2,1-2H3,(H,20,21). The third-order valence-electron chi connectivity index (χ3n) is 2.96. The van der Waals surface area contributed by atoms with Crippen molar-refractivity contribution in [1.29, 1.82) is 0 Å². The van der Waals surface area contributed by atoms with E-state index in [1.807, 2.05) is 6.92 Å². The Morgan fingerprint density at radius 1 is 1.26 bits per heavy atom. The molecule has 1 N–H and O–H groups in total. The zero-order valence-corrected chi connectivity index (χ0v) is 15.6. The van der Waals surface area contributed by atoms with Gasteiger partial charge in [0.15, 0.2) is 11.5 Å². The average molecular weight is 447 g/mol. The summed E-state index contributed by atoms with van der Waals surface area (Å²) in [7, 11) is 1.51. The van der Waals surface area contributed by atoms with Crippen LogP contribution in [0.2, 0.25) is 0 Å². The number of nitrogens with one attached hydrogen (secondary N) is 1. The first-order valence-electron chi connectivity index (χ1n) is 6.73. The average Bonchev–Trinajstić information content (AvgIpc) is 2.50. The Kier molecular flexibility index (Phi) is 6.01. The van der Waals surface area contributed by atoms with Gasteiger partial charge in [-0.2, -0.15) is 0 Å². The predicted molar refractivity (Wildman–Crippen MR) is 93.9 cm³/mol. The monoisotopic (exact) mass is 445 g/mol.